The first-order valence-corrected chi connectivity index (χ1v) is 7.38. The average molecular weight is 380 g/mol. The number of aryl methyl sites for hydroxylation is 1. The van der Waals surface area contributed by atoms with Gasteiger partial charge in [0.25, 0.3) is 0 Å². The van der Waals surface area contributed by atoms with Crippen LogP contribution in [0.15, 0.2) is 45.3 Å². The average Bonchev–Trinajstić information content (AvgIpc) is 2.40. The Morgan fingerprint density at radius 2 is 1.95 bits per heavy atom. The maximum atomic E-state index is 9.17. The van der Waals surface area contributed by atoms with E-state index in [0.29, 0.717) is 12.1 Å². The summed E-state index contributed by atoms with van der Waals surface area (Å²) in [5.74, 6) is 0. The predicted octanol–water partition coefficient (Wildman–Crippen LogP) is 5.00. The number of rotatable bonds is 3. The highest BCUT2D eigenvalue weighted by Crippen LogP contribution is 2.25. The first-order chi connectivity index (χ1) is 9.11. The van der Waals surface area contributed by atoms with Crippen LogP contribution in [0.25, 0.3) is 0 Å². The summed E-state index contributed by atoms with van der Waals surface area (Å²) in [6.07, 6.45) is 0. The fourth-order valence-electron chi connectivity index (χ4n) is 1.81. The zero-order chi connectivity index (χ0) is 13.8. The predicted molar refractivity (Wildman–Crippen MR) is 85.1 cm³/mol. The van der Waals surface area contributed by atoms with Gasteiger partial charge in [-0.25, -0.2) is 0 Å². The molecule has 0 saturated carbocycles. The first-order valence-electron chi connectivity index (χ1n) is 5.79. The van der Waals surface area contributed by atoms with Crippen molar-refractivity contribution < 1.29 is 0 Å². The summed E-state index contributed by atoms with van der Waals surface area (Å²) in [5.41, 5.74) is 3.73. The summed E-state index contributed by atoms with van der Waals surface area (Å²) < 4.78 is 2.06. The van der Waals surface area contributed by atoms with Crippen molar-refractivity contribution in [2.45, 2.75) is 13.5 Å². The van der Waals surface area contributed by atoms with Crippen LogP contribution in [0.4, 0.5) is 5.69 Å². The molecule has 0 amide bonds. The van der Waals surface area contributed by atoms with Crippen molar-refractivity contribution in [3.63, 3.8) is 0 Å². The Labute approximate surface area is 129 Å². The van der Waals surface area contributed by atoms with E-state index in [9.17, 15) is 5.26 Å². The quantitative estimate of drug-likeness (QED) is 0.813. The van der Waals surface area contributed by atoms with Gasteiger partial charge in [-0.3, -0.25) is 0 Å². The molecule has 2 rings (SSSR count). The summed E-state index contributed by atoms with van der Waals surface area (Å²) in [4.78, 5) is 0. The first kappa shape index (κ1) is 14.1. The summed E-state index contributed by atoms with van der Waals surface area (Å²) in [5, 5.41) is 12.5. The van der Waals surface area contributed by atoms with Crippen molar-refractivity contribution in [3.05, 3.63) is 62.0 Å². The number of anilines is 1. The van der Waals surface area contributed by atoms with E-state index in [4.69, 9.17) is 0 Å². The number of nitrogens with zero attached hydrogens (tertiary/aromatic N) is 1. The summed E-state index contributed by atoms with van der Waals surface area (Å²) in [7, 11) is 0. The third-order valence-electron chi connectivity index (χ3n) is 2.85. The Balaban J connectivity index is 2.17. The van der Waals surface area contributed by atoms with Gasteiger partial charge in [-0.2, -0.15) is 5.26 Å². The molecule has 0 fully saturated rings. The van der Waals surface area contributed by atoms with Gasteiger partial charge in [-0.1, -0.05) is 18.2 Å². The molecule has 0 bridgehead atoms. The normalized spacial score (nSPS) is 10.0. The molecule has 4 heteroatoms. The van der Waals surface area contributed by atoms with E-state index in [0.717, 1.165) is 25.8 Å². The topological polar surface area (TPSA) is 35.8 Å². The van der Waals surface area contributed by atoms with Gasteiger partial charge in [0.05, 0.1) is 11.3 Å². The molecule has 0 radical (unpaired) electrons. The van der Waals surface area contributed by atoms with E-state index in [1.807, 2.05) is 37.3 Å². The van der Waals surface area contributed by atoms with Gasteiger partial charge in [0.2, 0.25) is 0 Å². The number of hydrogen-bond donors (Lipinski definition) is 1. The molecule has 96 valence electrons. The largest absolute Gasteiger partial charge is 0.380 e. The molecule has 0 atom stereocenters. The highest BCUT2D eigenvalue weighted by atomic mass is 79.9. The fourth-order valence-corrected chi connectivity index (χ4v) is 2.48. The standard InChI is InChI=1S/C15H12Br2N2/c1-10-3-2-4-15(12(10)8-18)19-9-11-5-6-13(16)14(17)7-11/h2-7,19H,9H2,1H3. The van der Waals surface area contributed by atoms with Crippen molar-refractivity contribution >= 4 is 37.5 Å². The third kappa shape index (κ3) is 3.37. The Hall–Kier alpha value is -1.31. The van der Waals surface area contributed by atoms with Crippen molar-refractivity contribution in [1.82, 2.24) is 0 Å². The maximum Gasteiger partial charge on any atom is 0.102 e. The van der Waals surface area contributed by atoms with Crippen molar-refractivity contribution in [2.24, 2.45) is 0 Å². The van der Waals surface area contributed by atoms with Crippen LogP contribution in [-0.4, -0.2) is 0 Å². The number of hydrogen-bond acceptors (Lipinski definition) is 2. The smallest absolute Gasteiger partial charge is 0.102 e. The number of nitrogens with one attached hydrogen (secondary N) is 1. The lowest BCUT2D eigenvalue weighted by molar-refractivity contribution is 1.14. The summed E-state index contributed by atoms with van der Waals surface area (Å²) in [6, 6.07) is 14.2. The van der Waals surface area contributed by atoms with Crippen molar-refractivity contribution in [1.29, 1.82) is 5.26 Å². The Morgan fingerprint density at radius 1 is 1.16 bits per heavy atom. The van der Waals surface area contributed by atoms with Gasteiger partial charge in [0, 0.05) is 15.5 Å². The lowest BCUT2D eigenvalue weighted by Gasteiger charge is -2.10. The molecule has 0 saturated heterocycles. The fraction of sp³-hybridized carbons (Fsp3) is 0.133. The minimum Gasteiger partial charge on any atom is -0.380 e. The highest BCUT2D eigenvalue weighted by Gasteiger charge is 2.05. The van der Waals surface area contributed by atoms with Gasteiger partial charge in [-0.05, 0) is 68.1 Å². The van der Waals surface area contributed by atoms with Gasteiger partial charge < -0.3 is 5.32 Å². The zero-order valence-electron chi connectivity index (χ0n) is 10.4. The van der Waals surface area contributed by atoms with E-state index < -0.39 is 0 Å². The molecule has 0 aliphatic heterocycles. The van der Waals surface area contributed by atoms with E-state index in [2.05, 4.69) is 49.3 Å². The molecular weight excluding hydrogens is 368 g/mol. The van der Waals surface area contributed by atoms with Crippen LogP contribution >= 0.6 is 31.9 Å². The SMILES string of the molecule is Cc1cccc(NCc2ccc(Br)c(Br)c2)c1C#N. The molecule has 2 aromatic rings. The molecule has 0 aliphatic carbocycles. The maximum absolute atomic E-state index is 9.17. The molecule has 2 aromatic carbocycles. The molecule has 0 unspecified atom stereocenters. The van der Waals surface area contributed by atoms with Crippen LogP contribution in [0, 0.1) is 18.3 Å². The van der Waals surface area contributed by atoms with Crippen LogP contribution in [0.1, 0.15) is 16.7 Å². The second-order valence-electron chi connectivity index (χ2n) is 4.21. The summed E-state index contributed by atoms with van der Waals surface area (Å²) in [6.45, 7) is 2.63. The van der Waals surface area contributed by atoms with E-state index in [1.54, 1.807) is 0 Å². The molecule has 0 spiro atoms. The van der Waals surface area contributed by atoms with Crippen LogP contribution in [0.3, 0.4) is 0 Å². The molecule has 0 aliphatic rings. The lowest BCUT2D eigenvalue weighted by Crippen LogP contribution is -2.02. The molecule has 0 aromatic heterocycles. The van der Waals surface area contributed by atoms with Gasteiger partial charge in [0.15, 0.2) is 0 Å². The summed E-state index contributed by atoms with van der Waals surface area (Å²) >= 11 is 6.93. The van der Waals surface area contributed by atoms with Crippen molar-refractivity contribution in [2.75, 3.05) is 5.32 Å². The van der Waals surface area contributed by atoms with Crippen LogP contribution < -0.4 is 5.32 Å². The highest BCUT2D eigenvalue weighted by molar-refractivity contribution is 9.13. The Kier molecular flexibility index (Phi) is 4.62. The Bertz CT molecular complexity index is 645. The van der Waals surface area contributed by atoms with E-state index >= 15 is 0 Å². The molecule has 0 heterocycles. The lowest BCUT2D eigenvalue weighted by atomic mass is 10.1. The van der Waals surface area contributed by atoms with Gasteiger partial charge in [0.1, 0.15) is 6.07 Å². The molecule has 19 heavy (non-hydrogen) atoms. The second kappa shape index (κ2) is 6.23. The van der Waals surface area contributed by atoms with Crippen LogP contribution in [0.5, 0.6) is 0 Å². The Morgan fingerprint density at radius 3 is 2.63 bits per heavy atom. The number of halogens is 2. The van der Waals surface area contributed by atoms with Gasteiger partial charge >= 0.3 is 0 Å². The minimum atomic E-state index is 0.685. The minimum absolute atomic E-state index is 0.685. The second-order valence-corrected chi connectivity index (χ2v) is 5.92. The van der Waals surface area contributed by atoms with Crippen LogP contribution in [0.2, 0.25) is 0 Å². The van der Waals surface area contributed by atoms with Crippen molar-refractivity contribution in [3.8, 4) is 6.07 Å². The zero-order valence-corrected chi connectivity index (χ0v) is 13.5. The molecular formula is C15H12Br2N2. The molecule has 1 N–H and O–H groups in total. The van der Waals surface area contributed by atoms with E-state index in [-0.39, 0.29) is 0 Å². The third-order valence-corrected chi connectivity index (χ3v) is 4.73. The van der Waals surface area contributed by atoms with E-state index in [1.165, 1.54) is 0 Å². The molecule has 2 nitrogen and oxygen atoms in total. The monoisotopic (exact) mass is 378 g/mol. The number of benzene rings is 2. The van der Waals surface area contributed by atoms with Gasteiger partial charge in [-0.15, -0.1) is 0 Å². The van der Waals surface area contributed by atoms with Crippen LogP contribution in [-0.2, 0) is 6.54 Å². The number of nitriles is 1.